The number of para-hydroxylation sites is 4. The van der Waals surface area contributed by atoms with Gasteiger partial charge in [-0.15, -0.1) is 0 Å². The minimum absolute atomic E-state index is 0.0799. The topological polar surface area (TPSA) is 6.48 Å². The van der Waals surface area contributed by atoms with E-state index in [1.165, 1.54) is 89.5 Å². The Morgan fingerprint density at radius 2 is 0.923 bits per heavy atom. The van der Waals surface area contributed by atoms with E-state index < -0.39 is 0 Å². The number of hydrogen-bond acceptors (Lipinski definition) is 2. The molecule has 9 aromatic rings. The Morgan fingerprint density at radius 3 is 1.54 bits per heavy atom. The zero-order valence-electron chi connectivity index (χ0n) is 37.2. The van der Waals surface area contributed by atoms with E-state index in [1.54, 1.807) is 0 Å². The van der Waals surface area contributed by atoms with E-state index in [2.05, 4.69) is 254 Å². The van der Waals surface area contributed by atoms with E-state index in [0.29, 0.717) is 0 Å². The SMILES string of the molecule is CCC1(CC)c2cc(/C=C/c3ccc(-c4c(-c5ccccc5)cccc4N4c5ccccc5CCc5ccccc54)cc3)ccc2-c2ccc(N(c3ccccc3)c3ccccc3)cc21. The first-order chi connectivity index (χ1) is 32.1. The fourth-order valence-electron chi connectivity index (χ4n) is 10.7. The van der Waals surface area contributed by atoms with Crippen LogP contribution in [-0.2, 0) is 18.3 Å². The molecule has 0 spiro atoms. The summed E-state index contributed by atoms with van der Waals surface area (Å²) in [4.78, 5) is 4.89. The lowest BCUT2D eigenvalue weighted by atomic mass is 9.73. The van der Waals surface area contributed by atoms with Crippen molar-refractivity contribution in [3.63, 3.8) is 0 Å². The molecule has 314 valence electrons. The van der Waals surface area contributed by atoms with Crippen LogP contribution in [0.25, 0.3) is 45.5 Å². The predicted molar refractivity (Wildman–Crippen MR) is 276 cm³/mol. The molecule has 1 heterocycles. The first-order valence-electron chi connectivity index (χ1n) is 23.3. The summed E-state index contributed by atoms with van der Waals surface area (Å²) in [5.74, 6) is 0. The molecule has 9 aromatic carbocycles. The minimum atomic E-state index is -0.0799. The number of hydrogen-bond donors (Lipinski definition) is 0. The highest BCUT2D eigenvalue weighted by Crippen LogP contribution is 2.55. The second-order valence-electron chi connectivity index (χ2n) is 17.4. The van der Waals surface area contributed by atoms with Gasteiger partial charge in [0.2, 0.25) is 0 Å². The smallest absolute Gasteiger partial charge is 0.0546 e. The molecule has 1 aliphatic heterocycles. The molecule has 0 bridgehead atoms. The van der Waals surface area contributed by atoms with Gasteiger partial charge < -0.3 is 9.80 Å². The Bertz CT molecular complexity index is 3070. The highest BCUT2D eigenvalue weighted by molar-refractivity contribution is 5.98. The molecule has 2 nitrogen and oxygen atoms in total. The van der Waals surface area contributed by atoms with Gasteiger partial charge in [-0.3, -0.25) is 0 Å². The highest BCUT2D eigenvalue weighted by atomic mass is 15.2. The lowest BCUT2D eigenvalue weighted by Gasteiger charge is -2.32. The van der Waals surface area contributed by atoms with Crippen LogP contribution in [0.15, 0.2) is 218 Å². The zero-order chi connectivity index (χ0) is 43.7. The van der Waals surface area contributed by atoms with Gasteiger partial charge in [-0.05, 0) is 141 Å². The predicted octanol–water partition coefficient (Wildman–Crippen LogP) is 17.3. The number of nitrogens with zero attached hydrogens (tertiary/aromatic N) is 2. The fraction of sp³-hybridized carbons (Fsp3) is 0.111. The summed E-state index contributed by atoms with van der Waals surface area (Å²) < 4.78 is 0. The van der Waals surface area contributed by atoms with Crippen molar-refractivity contribution < 1.29 is 0 Å². The maximum Gasteiger partial charge on any atom is 0.0546 e. The van der Waals surface area contributed by atoms with Gasteiger partial charge in [0.1, 0.15) is 0 Å². The first kappa shape index (κ1) is 40.1. The Labute approximate surface area is 384 Å². The number of anilines is 6. The van der Waals surface area contributed by atoms with E-state index >= 15 is 0 Å². The molecule has 11 rings (SSSR count). The average molecular weight is 837 g/mol. The highest BCUT2D eigenvalue weighted by Gasteiger charge is 2.41. The summed E-state index contributed by atoms with van der Waals surface area (Å²) in [6.45, 7) is 4.72. The maximum absolute atomic E-state index is 2.51. The van der Waals surface area contributed by atoms with Crippen molar-refractivity contribution in [3.05, 3.63) is 252 Å². The third-order valence-corrected chi connectivity index (χ3v) is 14.0. The normalized spacial score (nSPS) is 13.4. The molecule has 0 unspecified atom stereocenters. The van der Waals surface area contributed by atoms with Crippen molar-refractivity contribution in [1.29, 1.82) is 0 Å². The quantitative estimate of drug-likeness (QED) is 0.127. The van der Waals surface area contributed by atoms with E-state index in [1.807, 2.05) is 0 Å². The fourth-order valence-corrected chi connectivity index (χ4v) is 10.7. The molecule has 0 fully saturated rings. The summed E-state index contributed by atoms with van der Waals surface area (Å²) in [5.41, 5.74) is 22.6. The summed E-state index contributed by atoms with van der Waals surface area (Å²) in [5, 5.41) is 0. The summed E-state index contributed by atoms with van der Waals surface area (Å²) in [7, 11) is 0. The molecule has 2 heteroatoms. The van der Waals surface area contributed by atoms with Crippen LogP contribution in [0.3, 0.4) is 0 Å². The van der Waals surface area contributed by atoms with Crippen molar-refractivity contribution in [2.45, 2.75) is 44.9 Å². The van der Waals surface area contributed by atoms with Gasteiger partial charge in [-0.1, -0.05) is 190 Å². The van der Waals surface area contributed by atoms with E-state index in [9.17, 15) is 0 Å². The average Bonchev–Trinajstić information content (AvgIpc) is 3.53. The van der Waals surface area contributed by atoms with Crippen molar-refractivity contribution in [1.82, 2.24) is 0 Å². The number of aryl methyl sites for hydroxylation is 2. The molecule has 0 atom stereocenters. The Kier molecular flexibility index (Phi) is 10.6. The summed E-state index contributed by atoms with van der Waals surface area (Å²) in [6, 6.07) is 80.4. The molecule has 0 aromatic heterocycles. The van der Waals surface area contributed by atoms with Crippen LogP contribution in [0.5, 0.6) is 0 Å². The van der Waals surface area contributed by atoms with Gasteiger partial charge in [0, 0.05) is 39.4 Å². The third-order valence-electron chi connectivity index (χ3n) is 14.0. The number of rotatable bonds is 10. The van der Waals surface area contributed by atoms with Crippen LogP contribution in [-0.4, -0.2) is 0 Å². The van der Waals surface area contributed by atoms with Crippen LogP contribution < -0.4 is 9.80 Å². The third kappa shape index (κ3) is 7.16. The van der Waals surface area contributed by atoms with E-state index in [0.717, 1.165) is 37.1 Å². The molecule has 0 N–H and O–H groups in total. The molecule has 0 saturated heterocycles. The van der Waals surface area contributed by atoms with E-state index in [-0.39, 0.29) is 5.41 Å². The van der Waals surface area contributed by atoms with Gasteiger partial charge in [0.25, 0.3) is 0 Å². The van der Waals surface area contributed by atoms with Crippen LogP contribution in [0.4, 0.5) is 34.1 Å². The van der Waals surface area contributed by atoms with Crippen LogP contribution in [0.2, 0.25) is 0 Å². The number of fused-ring (bicyclic) bond motifs is 5. The second kappa shape index (κ2) is 17.1. The monoisotopic (exact) mass is 836 g/mol. The van der Waals surface area contributed by atoms with E-state index in [4.69, 9.17) is 0 Å². The summed E-state index contributed by atoms with van der Waals surface area (Å²) in [6.07, 6.45) is 8.64. The van der Waals surface area contributed by atoms with Crippen LogP contribution in [0, 0.1) is 0 Å². The molecule has 2 aliphatic rings. The molecular weight excluding hydrogens is 785 g/mol. The molecule has 65 heavy (non-hydrogen) atoms. The van der Waals surface area contributed by atoms with Crippen molar-refractivity contribution >= 4 is 46.3 Å². The first-order valence-corrected chi connectivity index (χ1v) is 23.3. The van der Waals surface area contributed by atoms with Gasteiger partial charge in [-0.25, -0.2) is 0 Å². The number of benzene rings is 9. The van der Waals surface area contributed by atoms with Gasteiger partial charge in [0.05, 0.1) is 5.69 Å². The molecule has 0 amide bonds. The molecule has 0 saturated carbocycles. The summed E-state index contributed by atoms with van der Waals surface area (Å²) >= 11 is 0. The van der Waals surface area contributed by atoms with Crippen molar-refractivity contribution in [2.75, 3.05) is 9.80 Å². The Hall–Kier alpha value is -7.68. The van der Waals surface area contributed by atoms with Gasteiger partial charge >= 0.3 is 0 Å². The Balaban J connectivity index is 0.947. The van der Waals surface area contributed by atoms with Gasteiger partial charge in [0.15, 0.2) is 0 Å². The maximum atomic E-state index is 2.51. The standard InChI is InChI=1S/C63H52N2/c1-3-63(4-2)57-43-46(35-41-55(57)56-42-40-53(44-58(56)63)64(51-23-10-6-11-24-51)52-25-12-7-13-26-52)32-31-45-33-36-50(37-34-45)62-54(47-19-8-5-9-20-47)27-18-30-61(62)65-59-28-16-14-21-48(59)38-39-49-22-15-17-29-60(49)65/h5-37,40-44H,3-4,38-39H2,1-2H3/b32-31+. The molecule has 1 aliphatic carbocycles. The molecular formula is C63H52N2. The largest absolute Gasteiger partial charge is 0.310 e. The zero-order valence-corrected chi connectivity index (χ0v) is 37.2. The minimum Gasteiger partial charge on any atom is -0.310 e. The Morgan fingerprint density at radius 1 is 0.415 bits per heavy atom. The molecule has 0 radical (unpaired) electrons. The van der Waals surface area contributed by atoms with Gasteiger partial charge in [-0.2, -0.15) is 0 Å². The van der Waals surface area contributed by atoms with Crippen molar-refractivity contribution in [2.24, 2.45) is 0 Å². The lowest BCUT2D eigenvalue weighted by Crippen LogP contribution is -2.23. The van der Waals surface area contributed by atoms with Crippen LogP contribution in [0.1, 0.15) is 60.1 Å². The van der Waals surface area contributed by atoms with Crippen LogP contribution >= 0.6 is 0 Å². The lowest BCUT2D eigenvalue weighted by molar-refractivity contribution is 0.490. The van der Waals surface area contributed by atoms with Crippen molar-refractivity contribution in [3.8, 4) is 33.4 Å². The second-order valence-corrected chi connectivity index (χ2v) is 17.4.